The van der Waals surface area contributed by atoms with E-state index in [9.17, 15) is 8.42 Å². The first kappa shape index (κ1) is 9.60. The van der Waals surface area contributed by atoms with Crippen LogP contribution in [-0.4, -0.2) is 27.7 Å². The molecule has 5 nitrogen and oxygen atoms in total. The monoisotopic (exact) mass is 184 g/mol. The molecule has 0 spiro atoms. The van der Waals surface area contributed by atoms with Gasteiger partial charge < -0.3 is 5.32 Å². The maximum atomic E-state index is 10.5. The standard InChI is InChI=1S/C3H8N2O3S2/c1-4-3(9)5-10(6,7)8-2/h1-2H3,(H2,4,5,9). The molecular weight excluding hydrogens is 176 g/mol. The summed E-state index contributed by atoms with van der Waals surface area (Å²) >= 11 is 4.49. The third-order valence-corrected chi connectivity index (χ3v) is 1.99. The molecule has 0 bridgehead atoms. The molecule has 0 saturated heterocycles. The molecule has 0 atom stereocenters. The van der Waals surface area contributed by atoms with Gasteiger partial charge in [0.05, 0.1) is 7.11 Å². The van der Waals surface area contributed by atoms with Crippen molar-refractivity contribution in [1.82, 2.24) is 10.0 Å². The second kappa shape index (κ2) is 3.69. The van der Waals surface area contributed by atoms with Crippen LogP contribution in [0, 0.1) is 0 Å². The molecule has 0 aliphatic heterocycles. The molecule has 0 aliphatic carbocycles. The van der Waals surface area contributed by atoms with Gasteiger partial charge in [-0.3, -0.25) is 4.18 Å². The zero-order chi connectivity index (χ0) is 8.20. The highest BCUT2D eigenvalue weighted by Crippen LogP contribution is 1.81. The molecule has 0 saturated carbocycles. The third-order valence-electron chi connectivity index (χ3n) is 0.664. The van der Waals surface area contributed by atoms with Crippen molar-refractivity contribution in [2.75, 3.05) is 14.2 Å². The topological polar surface area (TPSA) is 67.4 Å². The van der Waals surface area contributed by atoms with Crippen molar-refractivity contribution in [1.29, 1.82) is 0 Å². The summed E-state index contributed by atoms with van der Waals surface area (Å²) in [6.07, 6.45) is 0. The van der Waals surface area contributed by atoms with Crippen LogP contribution >= 0.6 is 12.2 Å². The minimum Gasteiger partial charge on any atom is -0.365 e. The van der Waals surface area contributed by atoms with Crippen molar-refractivity contribution in [2.24, 2.45) is 0 Å². The van der Waals surface area contributed by atoms with Gasteiger partial charge in [0, 0.05) is 7.05 Å². The number of hydrogen-bond donors (Lipinski definition) is 2. The Kier molecular flexibility index (Phi) is 3.54. The first-order valence-electron chi connectivity index (χ1n) is 2.32. The van der Waals surface area contributed by atoms with Gasteiger partial charge in [0.25, 0.3) is 0 Å². The molecule has 0 amide bonds. The van der Waals surface area contributed by atoms with Crippen LogP contribution < -0.4 is 10.0 Å². The van der Waals surface area contributed by atoms with Gasteiger partial charge in [-0.1, -0.05) is 0 Å². The fraction of sp³-hybridized carbons (Fsp3) is 0.667. The molecule has 10 heavy (non-hydrogen) atoms. The molecule has 60 valence electrons. The molecule has 0 rings (SSSR count). The molecule has 0 aromatic carbocycles. The van der Waals surface area contributed by atoms with E-state index >= 15 is 0 Å². The Labute approximate surface area is 65.0 Å². The Morgan fingerprint density at radius 1 is 1.60 bits per heavy atom. The summed E-state index contributed by atoms with van der Waals surface area (Å²) in [4.78, 5) is 0. The molecule has 0 radical (unpaired) electrons. The lowest BCUT2D eigenvalue weighted by Crippen LogP contribution is -2.37. The van der Waals surface area contributed by atoms with E-state index in [1.165, 1.54) is 7.05 Å². The predicted octanol–water partition coefficient (Wildman–Crippen LogP) is -1.03. The number of hydrogen-bond acceptors (Lipinski definition) is 4. The quantitative estimate of drug-likeness (QED) is 0.537. The number of nitrogens with one attached hydrogen (secondary N) is 2. The van der Waals surface area contributed by atoms with Crippen molar-refractivity contribution in [3.05, 3.63) is 0 Å². The normalized spacial score (nSPS) is 10.6. The van der Waals surface area contributed by atoms with Crippen LogP contribution in [0.5, 0.6) is 0 Å². The van der Waals surface area contributed by atoms with E-state index in [-0.39, 0.29) is 5.11 Å². The summed E-state index contributed by atoms with van der Waals surface area (Å²) in [7, 11) is -1.14. The summed E-state index contributed by atoms with van der Waals surface area (Å²) in [5.74, 6) is 0. The fourth-order valence-corrected chi connectivity index (χ4v) is 0.925. The van der Waals surface area contributed by atoms with Crippen LogP contribution in [0.15, 0.2) is 0 Å². The lowest BCUT2D eigenvalue weighted by Gasteiger charge is -2.04. The van der Waals surface area contributed by atoms with Gasteiger partial charge in [-0.25, -0.2) is 4.72 Å². The minimum atomic E-state index is -3.68. The maximum absolute atomic E-state index is 10.5. The molecule has 0 aromatic rings. The van der Waals surface area contributed by atoms with E-state index in [1.54, 1.807) is 0 Å². The Balaban J connectivity index is 4.03. The number of thiocarbonyl (C=S) groups is 1. The summed E-state index contributed by atoms with van der Waals surface area (Å²) in [5.41, 5.74) is 0. The summed E-state index contributed by atoms with van der Waals surface area (Å²) in [6, 6.07) is 0. The zero-order valence-corrected chi connectivity index (χ0v) is 7.17. The van der Waals surface area contributed by atoms with E-state index in [0.717, 1.165) is 7.11 Å². The van der Waals surface area contributed by atoms with E-state index in [4.69, 9.17) is 0 Å². The first-order chi connectivity index (χ1) is 4.52. The largest absolute Gasteiger partial charge is 0.365 e. The van der Waals surface area contributed by atoms with Crippen LogP contribution in [0.4, 0.5) is 0 Å². The average molecular weight is 184 g/mol. The van der Waals surface area contributed by atoms with Gasteiger partial charge in [0.15, 0.2) is 5.11 Å². The van der Waals surface area contributed by atoms with Crippen molar-refractivity contribution in [3.63, 3.8) is 0 Å². The highest BCUT2D eigenvalue weighted by molar-refractivity contribution is 7.88. The Morgan fingerprint density at radius 3 is 2.40 bits per heavy atom. The molecular formula is C3H8N2O3S2. The van der Waals surface area contributed by atoms with E-state index in [2.05, 4.69) is 21.7 Å². The predicted molar refractivity (Wildman–Crippen MR) is 40.7 cm³/mol. The van der Waals surface area contributed by atoms with Gasteiger partial charge in [-0.15, -0.1) is 0 Å². The van der Waals surface area contributed by atoms with Gasteiger partial charge in [-0.2, -0.15) is 8.42 Å². The zero-order valence-electron chi connectivity index (χ0n) is 5.54. The SMILES string of the molecule is CNC(=S)NS(=O)(=O)OC. The Hall–Kier alpha value is -0.400. The van der Waals surface area contributed by atoms with Gasteiger partial charge in [0.1, 0.15) is 0 Å². The highest BCUT2D eigenvalue weighted by Gasteiger charge is 2.07. The summed E-state index contributed by atoms with van der Waals surface area (Å²) < 4.78 is 27.0. The fourth-order valence-electron chi connectivity index (χ4n) is 0.206. The van der Waals surface area contributed by atoms with E-state index in [0.29, 0.717) is 0 Å². The van der Waals surface area contributed by atoms with Gasteiger partial charge in [-0.05, 0) is 12.2 Å². The van der Waals surface area contributed by atoms with Crippen molar-refractivity contribution in [3.8, 4) is 0 Å². The van der Waals surface area contributed by atoms with Crippen LogP contribution in [0.3, 0.4) is 0 Å². The second-order valence-electron chi connectivity index (χ2n) is 1.30. The highest BCUT2D eigenvalue weighted by atomic mass is 32.2. The van der Waals surface area contributed by atoms with Crippen LogP contribution in [-0.2, 0) is 14.5 Å². The molecule has 0 heterocycles. The van der Waals surface area contributed by atoms with Crippen molar-refractivity contribution in [2.45, 2.75) is 0 Å². The molecule has 0 fully saturated rings. The summed E-state index contributed by atoms with van der Waals surface area (Å²) in [6.45, 7) is 0. The molecule has 0 unspecified atom stereocenters. The van der Waals surface area contributed by atoms with Crippen LogP contribution in [0.1, 0.15) is 0 Å². The van der Waals surface area contributed by atoms with E-state index in [1.807, 2.05) is 4.72 Å². The molecule has 0 aliphatic rings. The lowest BCUT2D eigenvalue weighted by atomic mass is 11.1. The third kappa shape index (κ3) is 3.59. The summed E-state index contributed by atoms with van der Waals surface area (Å²) in [5, 5.41) is 2.42. The average Bonchev–Trinajstić information content (AvgIpc) is 1.87. The Bertz CT molecular complexity index is 210. The van der Waals surface area contributed by atoms with Gasteiger partial charge >= 0.3 is 10.3 Å². The van der Waals surface area contributed by atoms with E-state index < -0.39 is 10.3 Å². The van der Waals surface area contributed by atoms with Crippen LogP contribution in [0.25, 0.3) is 0 Å². The second-order valence-corrected chi connectivity index (χ2v) is 3.16. The maximum Gasteiger partial charge on any atom is 0.361 e. The smallest absolute Gasteiger partial charge is 0.361 e. The van der Waals surface area contributed by atoms with Crippen molar-refractivity contribution >= 4 is 27.6 Å². The number of rotatable bonds is 2. The molecule has 2 N–H and O–H groups in total. The van der Waals surface area contributed by atoms with Gasteiger partial charge in [0.2, 0.25) is 0 Å². The Morgan fingerprint density at radius 2 is 2.10 bits per heavy atom. The lowest BCUT2D eigenvalue weighted by molar-refractivity contribution is 0.394. The minimum absolute atomic E-state index is 0.00171. The molecule has 0 aromatic heterocycles. The molecule has 7 heteroatoms. The first-order valence-corrected chi connectivity index (χ1v) is 4.13. The van der Waals surface area contributed by atoms with Crippen LogP contribution in [0.2, 0.25) is 0 Å². The van der Waals surface area contributed by atoms with Crippen molar-refractivity contribution < 1.29 is 12.6 Å².